The van der Waals surface area contributed by atoms with Crippen molar-refractivity contribution in [2.75, 3.05) is 6.54 Å². The van der Waals surface area contributed by atoms with E-state index in [0.29, 0.717) is 6.42 Å². The molecule has 1 aliphatic heterocycles. The second kappa shape index (κ2) is 6.15. The maximum atomic E-state index is 12.6. The minimum absolute atomic E-state index is 0.110. The molecule has 0 saturated heterocycles. The Bertz CT molecular complexity index is 850. The summed E-state index contributed by atoms with van der Waals surface area (Å²) in [6.07, 6.45) is 6.02. The second-order valence-electron chi connectivity index (χ2n) is 6.45. The highest BCUT2D eigenvalue weighted by Crippen LogP contribution is 2.34. The number of aryl methyl sites for hydroxylation is 1. The van der Waals surface area contributed by atoms with Crippen LogP contribution in [-0.2, 0) is 17.8 Å². The Labute approximate surface area is 141 Å². The van der Waals surface area contributed by atoms with Gasteiger partial charge in [-0.05, 0) is 37.5 Å². The Balaban J connectivity index is 1.46. The fourth-order valence-corrected chi connectivity index (χ4v) is 3.74. The van der Waals surface area contributed by atoms with Crippen LogP contribution in [0.5, 0.6) is 0 Å². The van der Waals surface area contributed by atoms with Crippen LogP contribution in [-0.4, -0.2) is 32.1 Å². The molecule has 0 unspecified atom stereocenters. The van der Waals surface area contributed by atoms with Gasteiger partial charge in [-0.3, -0.25) is 9.48 Å². The van der Waals surface area contributed by atoms with Crippen LogP contribution in [0, 0.1) is 0 Å². The molecule has 0 saturated carbocycles. The number of fused-ring (bicyclic) bond motifs is 3. The summed E-state index contributed by atoms with van der Waals surface area (Å²) in [5, 5.41) is 5.48. The fourth-order valence-electron chi connectivity index (χ4n) is 3.74. The molecule has 1 amide bonds. The summed E-state index contributed by atoms with van der Waals surface area (Å²) in [5.74, 6) is 0.235. The number of carbonyl (C=O) groups excluding carboxylic acids is 1. The standard InChI is InChI=1S/C19H22N4O/c1-14-19-16(15-6-2-3-7-17(15)21-19)9-13-23(14)18(24)8-4-11-22-12-5-10-20-22/h2-3,5-7,10,12,14,21H,4,8-9,11,13H2,1H3/t14-/m1/s1. The molecule has 1 aromatic carbocycles. The summed E-state index contributed by atoms with van der Waals surface area (Å²) in [5.41, 5.74) is 3.74. The lowest BCUT2D eigenvalue weighted by molar-refractivity contribution is -0.134. The van der Waals surface area contributed by atoms with E-state index < -0.39 is 0 Å². The molecule has 124 valence electrons. The van der Waals surface area contributed by atoms with Gasteiger partial charge in [-0.1, -0.05) is 18.2 Å². The number of hydrogen-bond acceptors (Lipinski definition) is 2. The van der Waals surface area contributed by atoms with Gasteiger partial charge in [0.05, 0.1) is 6.04 Å². The van der Waals surface area contributed by atoms with Crippen LogP contribution in [0.2, 0.25) is 0 Å². The summed E-state index contributed by atoms with van der Waals surface area (Å²) in [6, 6.07) is 10.4. The van der Waals surface area contributed by atoms with Gasteiger partial charge in [-0.25, -0.2) is 0 Å². The number of rotatable bonds is 4. The van der Waals surface area contributed by atoms with Crippen molar-refractivity contribution in [2.45, 2.75) is 38.8 Å². The van der Waals surface area contributed by atoms with E-state index >= 15 is 0 Å². The Morgan fingerprint density at radius 3 is 3.04 bits per heavy atom. The zero-order valence-corrected chi connectivity index (χ0v) is 13.9. The topological polar surface area (TPSA) is 53.9 Å². The molecule has 1 aliphatic rings. The first-order chi connectivity index (χ1) is 11.7. The van der Waals surface area contributed by atoms with Crippen LogP contribution in [0.25, 0.3) is 10.9 Å². The molecule has 0 aliphatic carbocycles. The quantitative estimate of drug-likeness (QED) is 0.801. The first-order valence-corrected chi connectivity index (χ1v) is 8.60. The number of benzene rings is 1. The molecule has 3 aromatic rings. The Hall–Kier alpha value is -2.56. The van der Waals surface area contributed by atoms with Gasteiger partial charge in [0.2, 0.25) is 5.91 Å². The van der Waals surface area contributed by atoms with Crippen molar-refractivity contribution in [3.63, 3.8) is 0 Å². The molecule has 1 N–H and O–H groups in total. The van der Waals surface area contributed by atoms with Crippen LogP contribution < -0.4 is 0 Å². The monoisotopic (exact) mass is 322 g/mol. The Kier molecular flexibility index (Phi) is 3.84. The number of nitrogens with zero attached hydrogens (tertiary/aromatic N) is 3. The summed E-state index contributed by atoms with van der Waals surface area (Å²) >= 11 is 0. The number of aromatic amines is 1. The molecular formula is C19H22N4O. The van der Waals surface area contributed by atoms with E-state index in [1.807, 2.05) is 27.9 Å². The largest absolute Gasteiger partial charge is 0.356 e. The molecule has 5 heteroatoms. The van der Waals surface area contributed by atoms with Crippen LogP contribution in [0.3, 0.4) is 0 Å². The van der Waals surface area contributed by atoms with Crippen molar-refractivity contribution < 1.29 is 4.79 Å². The van der Waals surface area contributed by atoms with Crippen LogP contribution in [0.1, 0.15) is 37.1 Å². The van der Waals surface area contributed by atoms with Gasteiger partial charge in [0.25, 0.3) is 0 Å². The summed E-state index contributed by atoms with van der Waals surface area (Å²) < 4.78 is 1.88. The third-order valence-electron chi connectivity index (χ3n) is 4.99. The smallest absolute Gasteiger partial charge is 0.223 e. The SMILES string of the molecule is C[C@@H]1c2[nH]c3ccccc3c2CCN1C(=O)CCCn1cccn1. The zero-order valence-electron chi connectivity index (χ0n) is 13.9. The number of H-pyrrole nitrogens is 1. The molecule has 3 heterocycles. The molecule has 5 nitrogen and oxygen atoms in total. The Morgan fingerprint density at radius 2 is 2.21 bits per heavy atom. The van der Waals surface area contributed by atoms with E-state index in [1.165, 1.54) is 22.2 Å². The van der Waals surface area contributed by atoms with E-state index in [-0.39, 0.29) is 11.9 Å². The fraction of sp³-hybridized carbons (Fsp3) is 0.368. The highest BCUT2D eigenvalue weighted by molar-refractivity contribution is 5.86. The third-order valence-corrected chi connectivity index (χ3v) is 4.99. The lowest BCUT2D eigenvalue weighted by Crippen LogP contribution is -2.38. The Morgan fingerprint density at radius 1 is 1.33 bits per heavy atom. The molecule has 2 aromatic heterocycles. The van der Waals surface area contributed by atoms with Crippen LogP contribution >= 0.6 is 0 Å². The maximum Gasteiger partial charge on any atom is 0.223 e. The van der Waals surface area contributed by atoms with E-state index in [1.54, 1.807) is 6.20 Å². The van der Waals surface area contributed by atoms with Gasteiger partial charge in [-0.15, -0.1) is 0 Å². The number of aromatic nitrogens is 3. The lowest BCUT2D eigenvalue weighted by Gasteiger charge is -2.33. The summed E-state index contributed by atoms with van der Waals surface area (Å²) in [7, 11) is 0. The highest BCUT2D eigenvalue weighted by atomic mass is 16.2. The van der Waals surface area contributed by atoms with Crippen LogP contribution in [0.4, 0.5) is 0 Å². The van der Waals surface area contributed by atoms with E-state index in [4.69, 9.17) is 0 Å². The lowest BCUT2D eigenvalue weighted by atomic mass is 9.98. The molecule has 0 spiro atoms. The predicted molar refractivity (Wildman–Crippen MR) is 93.6 cm³/mol. The van der Waals surface area contributed by atoms with Gasteiger partial charge < -0.3 is 9.88 Å². The summed E-state index contributed by atoms with van der Waals surface area (Å²) in [6.45, 7) is 3.72. The first kappa shape index (κ1) is 15.0. The van der Waals surface area contributed by atoms with Crippen molar-refractivity contribution in [1.82, 2.24) is 19.7 Å². The molecule has 24 heavy (non-hydrogen) atoms. The van der Waals surface area contributed by atoms with Crippen molar-refractivity contribution in [3.05, 3.63) is 54.0 Å². The minimum atomic E-state index is 0.110. The molecule has 0 fully saturated rings. The number of carbonyl (C=O) groups is 1. The van der Waals surface area contributed by atoms with Crippen molar-refractivity contribution >= 4 is 16.8 Å². The number of nitrogens with one attached hydrogen (secondary N) is 1. The van der Waals surface area contributed by atoms with E-state index in [9.17, 15) is 4.79 Å². The van der Waals surface area contributed by atoms with Gasteiger partial charge in [0.15, 0.2) is 0 Å². The molecule has 0 radical (unpaired) electrons. The number of hydrogen-bond donors (Lipinski definition) is 1. The van der Waals surface area contributed by atoms with Crippen molar-refractivity contribution in [3.8, 4) is 0 Å². The third kappa shape index (κ3) is 2.60. The zero-order chi connectivity index (χ0) is 16.5. The first-order valence-electron chi connectivity index (χ1n) is 8.60. The normalized spacial score (nSPS) is 17.2. The maximum absolute atomic E-state index is 12.6. The summed E-state index contributed by atoms with van der Waals surface area (Å²) in [4.78, 5) is 18.2. The number of para-hydroxylation sites is 1. The van der Waals surface area contributed by atoms with Crippen LogP contribution in [0.15, 0.2) is 42.7 Å². The van der Waals surface area contributed by atoms with Gasteiger partial charge >= 0.3 is 0 Å². The molecule has 1 atom stereocenters. The van der Waals surface area contributed by atoms with Gasteiger partial charge in [-0.2, -0.15) is 5.10 Å². The van der Waals surface area contributed by atoms with E-state index in [0.717, 1.165) is 25.9 Å². The molecular weight excluding hydrogens is 300 g/mol. The average Bonchev–Trinajstić information content (AvgIpc) is 3.23. The molecule has 0 bridgehead atoms. The van der Waals surface area contributed by atoms with Crippen molar-refractivity contribution in [1.29, 1.82) is 0 Å². The second-order valence-corrected chi connectivity index (χ2v) is 6.45. The predicted octanol–water partition coefficient (Wildman–Crippen LogP) is 3.29. The average molecular weight is 322 g/mol. The highest BCUT2D eigenvalue weighted by Gasteiger charge is 2.29. The minimum Gasteiger partial charge on any atom is -0.356 e. The van der Waals surface area contributed by atoms with Crippen molar-refractivity contribution in [2.24, 2.45) is 0 Å². The number of amides is 1. The van der Waals surface area contributed by atoms with Gasteiger partial charge in [0.1, 0.15) is 0 Å². The van der Waals surface area contributed by atoms with Gasteiger partial charge in [0, 0.05) is 48.5 Å². The van der Waals surface area contributed by atoms with E-state index in [2.05, 4.69) is 35.2 Å². The molecule has 4 rings (SSSR count).